The quantitative estimate of drug-likeness (QED) is 0.482. The summed E-state index contributed by atoms with van der Waals surface area (Å²) in [6.07, 6.45) is 5.13. The molecule has 1 saturated carbocycles. The highest BCUT2D eigenvalue weighted by atomic mass is 32.1. The maximum atomic E-state index is 13.7. The van der Waals surface area contributed by atoms with Crippen molar-refractivity contribution >= 4 is 29.1 Å². The van der Waals surface area contributed by atoms with Crippen LogP contribution in [-0.4, -0.2) is 73.1 Å². The van der Waals surface area contributed by atoms with Gasteiger partial charge in [-0.3, -0.25) is 19.3 Å². The van der Waals surface area contributed by atoms with Crippen molar-refractivity contribution in [2.75, 3.05) is 39.5 Å². The first-order chi connectivity index (χ1) is 17.5. The van der Waals surface area contributed by atoms with Gasteiger partial charge < -0.3 is 24.1 Å². The zero-order chi connectivity index (χ0) is 25.3. The second kappa shape index (κ2) is 13.0. The lowest BCUT2D eigenvalue weighted by Gasteiger charge is -2.31. The van der Waals surface area contributed by atoms with E-state index in [9.17, 15) is 14.4 Å². The van der Waals surface area contributed by atoms with Gasteiger partial charge in [0.1, 0.15) is 18.3 Å². The Morgan fingerprint density at radius 3 is 2.64 bits per heavy atom. The van der Waals surface area contributed by atoms with Gasteiger partial charge in [0.05, 0.1) is 26.4 Å². The number of carbonyl (C=O) groups excluding carboxylic acids is 3. The first kappa shape index (κ1) is 26.4. The van der Waals surface area contributed by atoms with Crippen molar-refractivity contribution in [3.05, 3.63) is 46.0 Å². The van der Waals surface area contributed by atoms with Crippen LogP contribution in [-0.2, 0) is 25.6 Å². The second-order valence-corrected chi connectivity index (χ2v) is 10.1. The van der Waals surface area contributed by atoms with Gasteiger partial charge in [-0.1, -0.05) is 25.3 Å². The Kier molecular flexibility index (Phi) is 9.54. The fourth-order valence-corrected chi connectivity index (χ4v) is 5.56. The van der Waals surface area contributed by atoms with Gasteiger partial charge in [0.2, 0.25) is 5.91 Å². The van der Waals surface area contributed by atoms with Gasteiger partial charge in [-0.25, -0.2) is 0 Å². The molecule has 4 rings (SSSR count). The topological polar surface area (TPSA) is 101 Å². The van der Waals surface area contributed by atoms with E-state index in [0.29, 0.717) is 30.4 Å². The van der Waals surface area contributed by atoms with Crippen molar-refractivity contribution in [3.8, 4) is 0 Å². The average molecular weight is 518 g/mol. The maximum absolute atomic E-state index is 13.7. The standard InChI is InChI=1S/C26H35N3O6S/c1-2-34-23(30)18-29(26(32)21-11-10-20(35-21)17-28-12-14-33-15-13-28)24(22-9-6-16-36-22)25(31)27-19-7-4-3-5-8-19/h6,9-11,16,19,24H,2-5,7-8,12-15,17-18H2,1H3,(H,27,31)/t24-/m0/s1. The van der Waals surface area contributed by atoms with Crippen LogP contribution in [0.15, 0.2) is 34.1 Å². The predicted molar refractivity (Wildman–Crippen MR) is 135 cm³/mol. The predicted octanol–water partition coefficient (Wildman–Crippen LogP) is 3.37. The van der Waals surface area contributed by atoms with Crippen LogP contribution in [0.3, 0.4) is 0 Å². The number of hydrogen-bond acceptors (Lipinski definition) is 8. The van der Waals surface area contributed by atoms with E-state index in [1.165, 1.54) is 22.7 Å². The number of nitrogens with zero attached hydrogens (tertiary/aromatic N) is 2. The molecule has 2 amide bonds. The summed E-state index contributed by atoms with van der Waals surface area (Å²) in [4.78, 5) is 44.0. The molecule has 1 saturated heterocycles. The van der Waals surface area contributed by atoms with Crippen LogP contribution >= 0.6 is 11.3 Å². The summed E-state index contributed by atoms with van der Waals surface area (Å²) in [5, 5.41) is 4.99. The van der Waals surface area contributed by atoms with Gasteiger partial charge in [-0.15, -0.1) is 11.3 Å². The number of rotatable bonds is 10. The summed E-state index contributed by atoms with van der Waals surface area (Å²) < 4.78 is 16.5. The zero-order valence-corrected chi connectivity index (χ0v) is 21.6. The molecule has 36 heavy (non-hydrogen) atoms. The number of hydrogen-bond donors (Lipinski definition) is 1. The average Bonchev–Trinajstić information content (AvgIpc) is 3.57. The Morgan fingerprint density at radius 1 is 1.17 bits per heavy atom. The van der Waals surface area contributed by atoms with Crippen LogP contribution in [0.5, 0.6) is 0 Å². The molecule has 0 radical (unpaired) electrons. The molecule has 196 valence electrons. The molecule has 0 aromatic carbocycles. The van der Waals surface area contributed by atoms with Gasteiger partial charge in [0.25, 0.3) is 5.91 Å². The zero-order valence-electron chi connectivity index (χ0n) is 20.8. The maximum Gasteiger partial charge on any atom is 0.325 e. The number of morpholine rings is 1. The molecule has 3 heterocycles. The van der Waals surface area contributed by atoms with E-state index in [1.807, 2.05) is 17.5 Å². The third-order valence-corrected chi connectivity index (χ3v) is 7.47. The molecule has 0 bridgehead atoms. The highest BCUT2D eigenvalue weighted by Gasteiger charge is 2.36. The van der Waals surface area contributed by atoms with Crippen LogP contribution in [0.4, 0.5) is 0 Å². The third-order valence-electron chi connectivity index (χ3n) is 6.55. The molecule has 0 unspecified atom stereocenters. The number of thiophene rings is 1. The number of furan rings is 1. The Balaban J connectivity index is 1.57. The number of ether oxygens (including phenoxy) is 2. The van der Waals surface area contributed by atoms with Crippen molar-refractivity contribution in [2.24, 2.45) is 0 Å². The molecule has 10 heteroatoms. The minimum absolute atomic E-state index is 0.0667. The molecule has 0 spiro atoms. The van der Waals surface area contributed by atoms with Crippen LogP contribution in [0.2, 0.25) is 0 Å². The Morgan fingerprint density at radius 2 is 1.94 bits per heavy atom. The van der Waals surface area contributed by atoms with E-state index in [2.05, 4.69) is 10.2 Å². The van der Waals surface area contributed by atoms with Crippen molar-refractivity contribution in [1.29, 1.82) is 0 Å². The Bertz CT molecular complexity index is 995. The van der Waals surface area contributed by atoms with Crippen LogP contribution < -0.4 is 5.32 Å². The summed E-state index contributed by atoms with van der Waals surface area (Å²) in [5.74, 6) is -0.640. The van der Waals surface area contributed by atoms with Crippen molar-refractivity contribution < 1.29 is 28.3 Å². The van der Waals surface area contributed by atoms with E-state index in [1.54, 1.807) is 19.1 Å². The monoisotopic (exact) mass is 517 g/mol. The SMILES string of the molecule is CCOC(=O)CN(C(=O)c1ccc(CN2CCOCC2)o1)[C@H](C(=O)NC1CCCCC1)c1cccs1. The molecular weight excluding hydrogens is 482 g/mol. The first-order valence-electron chi connectivity index (χ1n) is 12.7. The van der Waals surface area contributed by atoms with Gasteiger partial charge >= 0.3 is 5.97 Å². The van der Waals surface area contributed by atoms with E-state index >= 15 is 0 Å². The summed E-state index contributed by atoms with van der Waals surface area (Å²) in [7, 11) is 0. The number of nitrogens with one attached hydrogen (secondary N) is 1. The first-order valence-corrected chi connectivity index (χ1v) is 13.6. The molecular formula is C26H35N3O6S. The van der Waals surface area contributed by atoms with Crippen LogP contribution in [0.1, 0.15) is 66.3 Å². The van der Waals surface area contributed by atoms with E-state index < -0.39 is 17.9 Å². The fraction of sp³-hybridized carbons (Fsp3) is 0.577. The van der Waals surface area contributed by atoms with E-state index in [4.69, 9.17) is 13.9 Å². The van der Waals surface area contributed by atoms with Gasteiger partial charge in [-0.2, -0.15) is 0 Å². The molecule has 2 aliphatic rings. The van der Waals surface area contributed by atoms with Gasteiger partial charge in [-0.05, 0) is 43.3 Å². The lowest BCUT2D eigenvalue weighted by molar-refractivity contribution is -0.145. The minimum atomic E-state index is -0.961. The Labute approximate surface area is 215 Å². The van der Waals surface area contributed by atoms with E-state index in [-0.39, 0.29) is 30.9 Å². The van der Waals surface area contributed by atoms with Crippen LogP contribution in [0, 0.1) is 0 Å². The lowest BCUT2D eigenvalue weighted by atomic mass is 9.95. The molecule has 1 aliphatic heterocycles. The number of esters is 1. The highest BCUT2D eigenvalue weighted by Crippen LogP contribution is 2.29. The van der Waals surface area contributed by atoms with Crippen molar-refractivity contribution in [2.45, 2.75) is 57.7 Å². The highest BCUT2D eigenvalue weighted by molar-refractivity contribution is 7.10. The molecule has 1 aliphatic carbocycles. The normalized spacial score (nSPS) is 17.9. The van der Waals surface area contributed by atoms with E-state index in [0.717, 1.165) is 38.8 Å². The summed E-state index contributed by atoms with van der Waals surface area (Å²) in [6, 6.07) is 6.14. The molecule has 1 atom stereocenters. The number of amides is 2. The molecule has 2 aromatic rings. The summed E-state index contributed by atoms with van der Waals surface area (Å²) in [5.41, 5.74) is 0. The van der Waals surface area contributed by atoms with Crippen molar-refractivity contribution in [3.63, 3.8) is 0 Å². The molecule has 2 fully saturated rings. The molecule has 1 N–H and O–H groups in total. The minimum Gasteiger partial charge on any atom is -0.465 e. The molecule has 9 nitrogen and oxygen atoms in total. The summed E-state index contributed by atoms with van der Waals surface area (Å²) >= 11 is 1.38. The van der Waals surface area contributed by atoms with Crippen LogP contribution in [0.25, 0.3) is 0 Å². The fourth-order valence-electron chi connectivity index (χ4n) is 4.72. The Hall–Kier alpha value is -2.69. The smallest absolute Gasteiger partial charge is 0.325 e. The largest absolute Gasteiger partial charge is 0.465 e. The third kappa shape index (κ3) is 6.96. The molecule has 2 aromatic heterocycles. The summed E-state index contributed by atoms with van der Waals surface area (Å²) in [6.45, 7) is 5.01. The number of carbonyl (C=O) groups is 3. The van der Waals surface area contributed by atoms with Gasteiger partial charge in [0.15, 0.2) is 5.76 Å². The second-order valence-electron chi connectivity index (χ2n) is 9.15. The van der Waals surface area contributed by atoms with Gasteiger partial charge in [0, 0.05) is 24.0 Å². The lowest BCUT2D eigenvalue weighted by Crippen LogP contribution is -2.48. The van der Waals surface area contributed by atoms with Crippen molar-refractivity contribution in [1.82, 2.24) is 15.1 Å².